The molecule has 0 aromatic carbocycles. The molecule has 0 saturated heterocycles. The molecule has 2 aromatic rings. The van der Waals surface area contributed by atoms with Crippen molar-refractivity contribution in [3.05, 3.63) is 11.9 Å². The van der Waals surface area contributed by atoms with E-state index in [9.17, 15) is 0 Å². The van der Waals surface area contributed by atoms with Crippen LogP contribution in [0.2, 0.25) is 0 Å². The fourth-order valence-electron chi connectivity index (χ4n) is 1.75. The molecule has 0 fully saturated rings. The summed E-state index contributed by atoms with van der Waals surface area (Å²) >= 11 is 0. The molecule has 2 rings (SSSR count). The Bertz CT molecular complexity index is 477. The van der Waals surface area contributed by atoms with Gasteiger partial charge in [0.2, 0.25) is 5.95 Å². The SMILES string of the molecule is CCCCc1nc(NCCC)nc2[nH]ncc12. The highest BCUT2D eigenvalue weighted by atomic mass is 15.2. The molecule has 0 saturated carbocycles. The number of aromatic amines is 1. The third kappa shape index (κ3) is 2.72. The minimum Gasteiger partial charge on any atom is -0.354 e. The van der Waals surface area contributed by atoms with Crippen LogP contribution in [0.5, 0.6) is 0 Å². The highest BCUT2D eigenvalue weighted by Crippen LogP contribution is 2.17. The molecule has 0 amide bonds. The third-order valence-corrected chi connectivity index (χ3v) is 2.69. The molecule has 2 heterocycles. The van der Waals surface area contributed by atoms with Crippen LogP contribution in [0.15, 0.2) is 6.20 Å². The van der Waals surface area contributed by atoms with Crippen molar-refractivity contribution in [3.63, 3.8) is 0 Å². The van der Waals surface area contributed by atoms with E-state index < -0.39 is 0 Å². The lowest BCUT2D eigenvalue weighted by Gasteiger charge is -2.06. The maximum Gasteiger partial charge on any atom is 0.224 e. The van der Waals surface area contributed by atoms with Crippen LogP contribution in [0.3, 0.4) is 0 Å². The van der Waals surface area contributed by atoms with Crippen LogP contribution in [0.4, 0.5) is 5.95 Å². The van der Waals surface area contributed by atoms with Gasteiger partial charge in [-0.25, -0.2) is 4.98 Å². The predicted molar refractivity (Wildman–Crippen MR) is 69.1 cm³/mol. The highest BCUT2D eigenvalue weighted by Gasteiger charge is 2.08. The van der Waals surface area contributed by atoms with Gasteiger partial charge in [0.1, 0.15) is 0 Å². The van der Waals surface area contributed by atoms with E-state index >= 15 is 0 Å². The van der Waals surface area contributed by atoms with E-state index in [2.05, 4.69) is 39.3 Å². The van der Waals surface area contributed by atoms with Crippen LogP contribution in [0.25, 0.3) is 11.0 Å². The van der Waals surface area contributed by atoms with Crippen molar-refractivity contribution in [2.24, 2.45) is 0 Å². The first kappa shape index (κ1) is 11.8. The van der Waals surface area contributed by atoms with Crippen molar-refractivity contribution in [3.8, 4) is 0 Å². The molecule has 2 N–H and O–H groups in total. The summed E-state index contributed by atoms with van der Waals surface area (Å²) in [4.78, 5) is 8.97. The number of nitrogens with one attached hydrogen (secondary N) is 2. The van der Waals surface area contributed by atoms with Crippen molar-refractivity contribution >= 4 is 17.0 Å². The van der Waals surface area contributed by atoms with Crippen LogP contribution < -0.4 is 5.32 Å². The average Bonchev–Trinajstić information content (AvgIpc) is 2.81. The molecule has 0 atom stereocenters. The Labute approximate surface area is 101 Å². The quantitative estimate of drug-likeness (QED) is 0.804. The number of fused-ring (bicyclic) bond motifs is 1. The number of hydrogen-bond donors (Lipinski definition) is 2. The van der Waals surface area contributed by atoms with Gasteiger partial charge in [-0.05, 0) is 19.3 Å². The lowest BCUT2D eigenvalue weighted by atomic mass is 10.1. The Kier molecular flexibility index (Phi) is 3.90. The van der Waals surface area contributed by atoms with Gasteiger partial charge in [0, 0.05) is 6.54 Å². The van der Waals surface area contributed by atoms with E-state index in [1.165, 1.54) is 6.42 Å². The second kappa shape index (κ2) is 5.61. The monoisotopic (exact) mass is 233 g/mol. The first-order valence-electron chi connectivity index (χ1n) is 6.29. The topological polar surface area (TPSA) is 66.5 Å². The summed E-state index contributed by atoms with van der Waals surface area (Å²) in [6.45, 7) is 5.20. The number of aryl methyl sites for hydroxylation is 1. The Hall–Kier alpha value is -1.65. The summed E-state index contributed by atoms with van der Waals surface area (Å²) in [5.41, 5.74) is 1.91. The van der Waals surface area contributed by atoms with Gasteiger partial charge in [-0.3, -0.25) is 5.10 Å². The Balaban J connectivity index is 2.29. The van der Waals surface area contributed by atoms with Crippen molar-refractivity contribution in [2.45, 2.75) is 39.5 Å². The largest absolute Gasteiger partial charge is 0.354 e. The standard InChI is InChI=1S/C12H19N5/c1-3-5-6-10-9-8-14-17-11(9)16-12(15-10)13-7-4-2/h8H,3-7H2,1-2H3,(H2,13,14,15,16,17). The number of rotatable bonds is 6. The van der Waals surface area contributed by atoms with Crippen LogP contribution >= 0.6 is 0 Å². The van der Waals surface area contributed by atoms with Crippen molar-refractivity contribution < 1.29 is 0 Å². The average molecular weight is 233 g/mol. The molecule has 0 spiro atoms. The minimum absolute atomic E-state index is 0.703. The van der Waals surface area contributed by atoms with Crippen molar-refractivity contribution in [2.75, 3.05) is 11.9 Å². The number of unbranched alkanes of at least 4 members (excludes halogenated alkanes) is 1. The van der Waals surface area contributed by atoms with Crippen molar-refractivity contribution in [1.82, 2.24) is 20.2 Å². The van der Waals surface area contributed by atoms with E-state index in [-0.39, 0.29) is 0 Å². The zero-order valence-electron chi connectivity index (χ0n) is 10.5. The van der Waals surface area contributed by atoms with E-state index in [4.69, 9.17) is 0 Å². The summed E-state index contributed by atoms with van der Waals surface area (Å²) < 4.78 is 0. The number of aromatic nitrogens is 4. The van der Waals surface area contributed by atoms with Gasteiger partial charge in [-0.1, -0.05) is 20.3 Å². The Morgan fingerprint density at radius 3 is 2.88 bits per heavy atom. The molecule has 2 aromatic heterocycles. The molecule has 92 valence electrons. The minimum atomic E-state index is 0.703. The van der Waals surface area contributed by atoms with Gasteiger partial charge in [-0.15, -0.1) is 0 Å². The van der Waals surface area contributed by atoms with Crippen LogP contribution in [0, 0.1) is 0 Å². The maximum absolute atomic E-state index is 4.57. The lowest BCUT2D eigenvalue weighted by molar-refractivity contribution is 0.779. The number of H-pyrrole nitrogens is 1. The molecule has 0 bridgehead atoms. The van der Waals surface area contributed by atoms with Gasteiger partial charge < -0.3 is 5.32 Å². The first-order chi connectivity index (χ1) is 8.35. The van der Waals surface area contributed by atoms with Gasteiger partial charge in [0.05, 0.1) is 17.3 Å². The van der Waals surface area contributed by atoms with E-state index in [0.29, 0.717) is 5.95 Å². The molecule has 0 aliphatic carbocycles. The summed E-state index contributed by atoms with van der Waals surface area (Å²) in [6.07, 6.45) is 6.17. The summed E-state index contributed by atoms with van der Waals surface area (Å²) in [7, 11) is 0. The van der Waals surface area contributed by atoms with Crippen molar-refractivity contribution in [1.29, 1.82) is 0 Å². The predicted octanol–water partition coefficient (Wildman–Crippen LogP) is 2.52. The summed E-state index contributed by atoms with van der Waals surface area (Å²) in [5.74, 6) is 0.703. The van der Waals surface area contributed by atoms with E-state index in [1.807, 2.05) is 6.20 Å². The Morgan fingerprint density at radius 2 is 2.12 bits per heavy atom. The number of nitrogens with zero attached hydrogens (tertiary/aromatic N) is 3. The fourth-order valence-corrected chi connectivity index (χ4v) is 1.75. The molecule has 0 unspecified atom stereocenters. The van der Waals surface area contributed by atoms with Crippen LogP contribution in [-0.4, -0.2) is 26.7 Å². The number of anilines is 1. The third-order valence-electron chi connectivity index (χ3n) is 2.69. The maximum atomic E-state index is 4.57. The van der Waals surface area contributed by atoms with Gasteiger partial charge in [-0.2, -0.15) is 10.1 Å². The molecule has 5 nitrogen and oxygen atoms in total. The molecule has 5 heteroatoms. The smallest absolute Gasteiger partial charge is 0.224 e. The summed E-state index contributed by atoms with van der Waals surface area (Å²) in [6, 6.07) is 0. The van der Waals surface area contributed by atoms with E-state index in [0.717, 1.165) is 42.5 Å². The zero-order chi connectivity index (χ0) is 12.1. The number of hydrogen-bond acceptors (Lipinski definition) is 4. The van der Waals surface area contributed by atoms with Gasteiger partial charge in [0.25, 0.3) is 0 Å². The second-order valence-corrected chi connectivity index (χ2v) is 4.16. The highest BCUT2D eigenvalue weighted by molar-refractivity contribution is 5.77. The second-order valence-electron chi connectivity index (χ2n) is 4.16. The molecular formula is C12H19N5. The van der Waals surface area contributed by atoms with Gasteiger partial charge >= 0.3 is 0 Å². The normalized spacial score (nSPS) is 10.9. The van der Waals surface area contributed by atoms with E-state index in [1.54, 1.807) is 0 Å². The molecule has 0 radical (unpaired) electrons. The lowest BCUT2D eigenvalue weighted by Crippen LogP contribution is -2.06. The summed E-state index contributed by atoms with van der Waals surface area (Å²) in [5, 5.41) is 11.2. The van der Waals surface area contributed by atoms with Gasteiger partial charge in [0.15, 0.2) is 5.65 Å². The zero-order valence-corrected chi connectivity index (χ0v) is 10.5. The van der Waals surface area contributed by atoms with Crippen LogP contribution in [0.1, 0.15) is 38.8 Å². The molecule has 0 aliphatic rings. The molecule has 0 aliphatic heterocycles. The fraction of sp³-hybridized carbons (Fsp3) is 0.583. The Morgan fingerprint density at radius 1 is 1.24 bits per heavy atom. The molecule has 17 heavy (non-hydrogen) atoms. The molecular weight excluding hydrogens is 214 g/mol. The first-order valence-corrected chi connectivity index (χ1v) is 6.29. The van der Waals surface area contributed by atoms with Crippen LogP contribution in [-0.2, 0) is 6.42 Å².